The van der Waals surface area contributed by atoms with E-state index >= 15 is 0 Å². The molecule has 4 rings (SSSR count). The Morgan fingerprint density at radius 1 is 1.19 bits per heavy atom. The van der Waals surface area contributed by atoms with E-state index < -0.39 is 23.8 Å². The number of carbonyl (C=O) groups excluding carboxylic acids is 1. The van der Waals surface area contributed by atoms with Crippen LogP contribution in [0.15, 0.2) is 72.1 Å². The van der Waals surface area contributed by atoms with Crippen molar-refractivity contribution in [1.29, 1.82) is 5.26 Å². The predicted octanol–water partition coefficient (Wildman–Crippen LogP) is 4.95. The minimum atomic E-state index is -4.51. The number of benzene rings is 2. The second-order valence-electron chi connectivity index (χ2n) is 7.48. The van der Waals surface area contributed by atoms with Crippen LogP contribution < -0.4 is 10.2 Å². The summed E-state index contributed by atoms with van der Waals surface area (Å²) in [5.41, 5.74) is 2.64. The summed E-state index contributed by atoms with van der Waals surface area (Å²) < 4.78 is 39.7. The number of halogens is 3. The van der Waals surface area contributed by atoms with Gasteiger partial charge in [-0.3, -0.25) is 4.90 Å². The summed E-state index contributed by atoms with van der Waals surface area (Å²) in [6, 6.07) is 12.6. The number of anilines is 1. The van der Waals surface area contributed by atoms with Crippen molar-refractivity contribution < 1.29 is 18.0 Å². The highest BCUT2D eigenvalue weighted by molar-refractivity contribution is 5.98. The average molecular weight is 424 g/mol. The van der Waals surface area contributed by atoms with Crippen LogP contribution >= 0.6 is 0 Å². The lowest BCUT2D eigenvalue weighted by Crippen LogP contribution is -2.50. The molecule has 1 N–H and O–H groups in total. The third kappa shape index (κ3) is 3.63. The van der Waals surface area contributed by atoms with Gasteiger partial charge in [0.05, 0.1) is 28.9 Å². The largest absolute Gasteiger partial charge is 0.416 e. The van der Waals surface area contributed by atoms with Gasteiger partial charge < -0.3 is 10.2 Å². The molecule has 2 aromatic carbocycles. The van der Waals surface area contributed by atoms with Crippen LogP contribution in [0.25, 0.3) is 0 Å². The summed E-state index contributed by atoms with van der Waals surface area (Å²) in [6.45, 7) is 4.74. The summed E-state index contributed by atoms with van der Waals surface area (Å²) in [6.07, 6.45) is -4.04. The molecule has 31 heavy (non-hydrogen) atoms. The monoisotopic (exact) mass is 424 g/mol. The van der Waals surface area contributed by atoms with Gasteiger partial charge in [0.25, 0.3) is 0 Å². The molecule has 158 valence electrons. The molecule has 0 bridgehead atoms. The second-order valence-corrected chi connectivity index (χ2v) is 7.48. The first kappa shape index (κ1) is 20.5. The Labute approximate surface area is 177 Å². The van der Waals surface area contributed by atoms with Gasteiger partial charge in [0.1, 0.15) is 0 Å². The molecule has 0 aromatic heterocycles. The van der Waals surface area contributed by atoms with Gasteiger partial charge in [-0.05, 0) is 35.9 Å². The SMILES string of the molecule is C=C1C2=C(CCN1C)N(c1cccc(C(F)(F)F)c1)C(=O)N[C@H]2c1ccc(C#N)cc1. The van der Waals surface area contributed by atoms with E-state index in [1.807, 2.05) is 11.9 Å². The summed E-state index contributed by atoms with van der Waals surface area (Å²) in [5, 5.41) is 12.0. The molecule has 0 saturated carbocycles. The number of alkyl halides is 3. The van der Waals surface area contributed by atoms with Gasteiger partial charge in [0, 0.05) is 37.0 Å². The van der Waals surface area contributed by atoms with Gasteiger partial charge in [0.2, 0.25) is 0 Å². The van der Waals surface area contributed by atoms with Gasteiger partial charge in [-0.15, -0.1) is 0 Å². The fourth-order valence-corrected chi connectivity index (χ4v) is 3.96. The molecule has 0 radical (unpaired) electrons. The maximum atomic E-state index is 13.2. The topological polar surface area (TPSA) is 59.4 Å². The highest BCUT2D eigenvalue weighted by Gasteiger charge is 2.39. The maximum absolute atomic E-state index is 13.2. The van der Waals surface area contributed by atoms with Gasteiger partial charge in [-0.2, -0.15) is 18.4 Å². The van der Waals surface area contributed by atoms with Gasteiger partial charge >= 0.3 is 12.2 Å². The molecular weight excluding hydrogens is 405 g/mol. The number of nitrogens with one attached hydrogen (secondary N) is 1. The van der Waals surface area contributed by atoms with Crippen molar-refractivity contribution in [2.75, 3.05) is 18.5 Å². The maximum Gasteiger partial charge on any atom is 0.416 e. The molecule has 0 spiro atoms. The Balaban J connectivity index is 1.85. The van der Waals surface area contributed by atoms with Crippen molar-refractivity contribution in [1.82, 2.24) is 10.2 Å². The average Bonchev–Trinajstić information content (AvgIpc) is 2.75. The lowest BCUT2D eigenvalue weighted by Gasteiger charge is -2.43. The van der Waals surface area contributed by atoms with E-state index in [1.165, 1.54) is 17.0 Å². The fourth-order valence-electron chi connectivity index (χ4n) is 3.96. The summed E-state index contributed by atoms with van der Waals surface area (Å²) >= 11 is 0. The summed E-state index contributed by atoms with van der Waals surface area (Å²) in [4.78, 5) is 16.4. The first-order chi connectivity index (χ1) is 14.7. The van der Waals surface area contributed by atoms with Gasteiger partial charge in [-0.1, -0.05) is 24.8 Å². The quantitative estimate of drug-likeness (QED) is 0.742. The van der Waals surface area contributed by atoms with Crippen LogP contribution in [0.1, 0.15) is 29.2 Å². The Kier molecular flexibility index (Phi) is 4.97. The number of nitriles is 1. The van der Waals surface area contributed by atoms with Crippen LogP contribution in [-0.2, 0) is 6.18 Å². The third-order valence-electron chi connectivity index (χ3n) is 5.60. The Bertz CT molecular complexity index is 1130. The van der Waals surface area contributed by atoms with Crippen molar-refractivity contribution in [3.05, 3.63) is 88.8 Å². The van der Waals surface area contributed by atoms with Crippen LogP contribution in [0, 0.1) is 11.3 Å². The van der Waals surface area contributed by atoms with Crippen LogP contribution in [0.2, 0.25) is 0 Å². The molecule has 0 saturated heterocycles. The number of hydrogen-bond acceptors (Lipinski definition) is 3. The zero-order chi connectivity index (χ0) is 22.3. The molecule has 0 fully saturated rings. The Morgan fingerprint density at radius 3 is 2.55 bits per heavy atom. The smallest absolute Gasteiger partial charge is 0.374 e. The van der Waals surface area contributed by atoms with Crippen LogP contribution in [0.4, 0.5) is 23.7 Å². The van der Waals surface area contributed by atoms with E-state index in [0.717, 1.165) is 23.3 Å². The number of urea groups is 1. The standard InChI is InChI=1S/C23H19F3N4O/c1-14-20-19(10-11-29(14)2)30(18-5-3-4-17(12-18)23(24,25)26)22(31)28-21(20)16-8-6-15(13-27)7-9-16/h3-9,12,21H,1,10-11H2,2H3,(H,28,31)/t21-/m0/s1. The fraction of sp³-hybridized carbons (Fsp3) is 0.217. The van der Waals surface area contributed by atoms with Crippen molar-refractivity contribution in [3.63, 3.8) is 0 Å². The lowest BCUT2D eigenvalue weighted by atomic mass is 9.88. The minimum Gasteiger partial charge on any atom is -0.374 e. The molecule has 8 heteroatoms. The first-order valence-electron chi connectivity index (χ1n) is 9.62. The van der Waals surface area contributed by atoms with Crippen molar-refractivity contribution >= 4 is 11.7 Å². The zero-order valence-corrected chi connectivity index (χ0v) is 16.7. The van der Waals surface area contributed by atoms with Crippen molar-refractivity contribution in [2.45, 2.75) is 18.6 Å². The molecule has 2 aliphatic heterocycles. The highest BCUT2D eigenvalue weighted by atomic mass is 19.4. The summed E-state index contributed by atoms with van der Waals surface area (Å²) in [7, 11) is 1.88. The number of nitrogens with zero attached hydrogens (tertiary/aromatic N) is 3. The Hall–Kier alpha value is -3.73. The molecule has 2 aliphatic rings. The van der Waals surface area contributed by atoms with Crippen LogP contribution in [0.3, 0.4) is 0 Å². The number of amides is 2. The summed E-state index contributed by atoms with van der Waals surface area (Å²) in [5.74, 6) is 0. The van der Waals surface area contributed by atoms with E-state index in [9.17, 15) is 18.0 Å². The molecule has 2 amide bonds. The van der Waals surface area contributed by atoms with E-state index in [2.05, 4.69) is 18.0 Å². The molecule has 2 heterocycles. The van der Waals surface area contributed by atoms with Crippen molar-refractivity contribution in [2.24, 2.45) is 0 Å². The number of carbonyl (C=O) groups is 1. The normalized spacial score (nSPS) is 19.1. The van der Waals surface area contributed by atoms with Gasteiger partial charge in [-0.25, -0.2) is 4.79 Å². The number of likely N-dealkylation sites (N-methyl/N-ethyl adjacent to an activating group) is 1. The van der Waals surface area contributed by atoms with Gasteiger partial charge in [0.15, 0.2) is 0 Å². The zero-order valence-electron chi connectivity index (χ0n) is 16.7. The minimum absolute atomic E-state index is 0.149. The third-order valence-corrected chi connectivity index (χ3v) is 5.60. The van der Waals surface area contributed by atoms with E-state index in [-0.39, 0.29) is 5.69 Å². The number of hydrogen-bond donors (Lipinski definition) is 1. The van der Waals surface area contributed by atoms with Crippen LogP contribution in [0.5, 0.6) is 0 Å². The van der Waals surface area contributed by atoms with E-state index in [1.54, 1.807) is 24.3 Å². The molecule has 2 aromatic rings. The number of rotatable bonds is 2. The van der Waals surface area contributed by atoms with E-state index in [4.69, 9.17) is 5.26 Å². The molecular formula is C23H19F3N4O. The molecule has 0 aliphatic carbocycles. The molecule has 5 nitrogen and oxygen atoms in total. The predicted molar refractivity (Wildman–Crippen MR) is 110 cm³/mol. The van der Waals surface area contributed by atoms with Crippen LogP contribution in [-0.4, -0.2) is 24.5 Å². The second kappa shape index (κ2) is 7.51. The Morgan fingerprint density at radius 2 is 1.90 bits per heavy atom. The van der Waals surface area contributed by atoms with E-state index in [0.29, 0.717) is 29.9 Å². The lowest BCUT2D eigenvalue weighted by molar-refractivity contribution is -0.137. The van der Waals surface area contributed by atoms with Crippen molar-refractivity contribution in [3.8, 4) is 6.07 Å². The first-order valence-corrected chi connectivity index (χ1v) is 9.62. The molecule has 0 unspecified atom stereocenters. The molecule has 1 atom stereocenters. The highest BCUT2D eigenvalue weighted by Crippen LogP contribution is 2.42.